The second-order valence-corrected chi connectivity index (χ2v) is 6.50. The molecule has 0 aliphatic heterocycles. The van der Waals surface area contributed by atoms with Gasteiger partial charge in [0.05, 0.1) is 6.04 Å². The van der Waals surface area contributed by atoms with Crippen LogP contribution in [0.25, 0.3) is 6.08 Å². The molecule has 136 valence electrons. The van der Waals surface area contributed by atoms with Gasteiger partial charge in [-0.3, -0.25) is 4.79 Å². The lowest BCUT2D eigenvalue weighted by molar-refractivity contribution is -0.117. The van der Waals surface area contributed by atoms with E-state index in [-0.39, 0.29) is 11.9 Å². The van der Waals surface area contributed by atoms with Crippen LogP contribution in [0.3, 0.4) is 0 Å². The number of nitrogens with one attached hydrogen (secondary N) is 2. The number of anilines is 1. The first kappa shape index (κ1) is 19.2. The Morgan fingerprint density at radius 2 is 1.50 bits per heavy atom. The van der Waals surface area contributed by atoms with Crippen LogP contribution in [-0.4, -0.2) is 11.9 Å². The Morgan fingerprint density at radius 3 is 2.04 bits per heavy atom. The van der Waals surface area contributed by atoms with Crippen molar-refractivity contribution in [2.45, 2.75) is 32.7 Å². The number of benzene rings is 2. The number of hydrogen-bond donors (Lipinski definition) is 3. The quantitative estimate of drug-likeness (QED) is 0.682. The highest BCUT2D eigenvalue weighted by atomic mass is 16.2. The van der Waals surface area contributed by atoms with E-state index >= 15 is 0 Å². The predicted octanol–water partition coefficient (Wildman–Crippen LogP) is 4.19. The molecule has 5 nitrogen and oxygen atoms in total. The van der Waals surface area contributed by atoms with E-state index in [1.165, 1.54) is 11.6 Å². The zero-order valence-electron chi connectivity index (χ0n) is 15.3. The second-order valence-electron chi connectivity index (χ2n) is 6.50. The van der Waals surface area contributed by atoms with Crippen LogP contribution in [0, 0.1) is 0 Å². The van der Waals surface area contributed by atoms with Gasteiger partial charge in [-0.2, -0.15) is 0 Å². The van der Waals surface area contributed by atoms with Gasteiger partial charge in [-0.15, -0.1) is 0 Å². The summed E-state index contributed by atoms with van der Waals surface area (Å²) in [7, 11) is 0. The number of primary amides is 1. The molecule has 2 aromatic carbocycles. The van der Waals surface area contributed by atoms with Gasteiger partial charge in [0.25, 0.3) is 0 Å². The highest BCUT2D eigenvalue weighted by Crippen LogP contribution is 2.17. The van der Waals surface area contributed by atoms with Gasteiger partial charge < -0.3 is 16.4 Å². The lowest BCUT2D eigenvalue weighted by Crippen LogP contribution is -2.24. The number of nitrogens with two attached hydrogens (primary N) is 1. The van der Waals surface area contributed by atoms with E-state index in [9.17, 15) is 9.59 Å². The summed E-state index contributed by atoms with van der Waals surface area (Å²) in [6.45, 7) is 6.20. The zero-order valence-corrected chi connectivity index (χ0v) is 15.3. The third-order valence-electron chi connectivity index (χ3n) is 4.07. The van der Waals surface area contributed by atoms with Crippen LogP contribution in [0.4, 0.5) is 10.5 Å². The summed E-state index contributed by atoms with van der Waals surface area (Å²) in [6.07, 6.45) is 3.33. The third-order valence-corrected chi connectivity index (χ3v) is 4.07. The average molecular weight is 351 g/mol. The fraction of sp³-hybridized carbons (Fsp3) is 0.238. The largest absolute Gasteiger partial charge is 0.351 e. The molecule has 2 rings (SSSR count). The summed E-state index contributed by atoms with van der Waals surface area (Å²) in [5.74, 6) is 0.325. The Morgan fingerprint density at radius 1 is 0.923 bits per heavy atom. The van der Waals surface area contributed by atoms with E-state index in [2.05, 4.69) is 36.6 Å². The first-order valence-corrected chi connectivity index (χ1v) is 8.60. The van der Waals surface area contributed by atoms with Crippen molar-refractivity contribution in [1.82, 2.24) is 5.32 Å². The maximum Gasteiger partial charge on any atom is 0.316 e. The van der Waals surface area contributed by atoms with E-state index in [0.717, 1.165) is 11.1 Å². The van der Waals surface area contributed by atoms with Crippen LogP contribution in [-0.2, 0) is 4.79 Å². The molecule has 0 bridgehead atoms. The Kier molecular flexibility index (Phi) is 6.55. The second kappa shape index (κ2) is 8.85. The van der Waals surface area contributed by atoms with Crippen LogP contribution in [0.2, 0.25) is 0 Å². The first-order chi connectivity index (χ1) is 12.3. The van der Waals surface area contributed by atoms with Crippen molar-refractivity contribution >= 4 is 23.7 Å². The fourth-order valence-corrected chi connectivity index (χ4v) is 2.51. The van der Waals surface area contributed by atoms with Crippen molar-refractivity contribution in [1.29, 1.82) is 0 Å². The minimum Gasteiger partial charge on any atom is -0.351 e. The summed E-state index contributed by atoms with van der Waals surface area (Å²) < 4.78 is 0. The molecular weight excluding hydrogens is 326 g/mol. The molecule has 1 unspecified atom stereocenters. The van der Waals surface area contributed by atoms with Gasteiger partial charge in [0, 0.05) is 11.8 Å². The molecular formula is C21H25N3O2. The Hall–Kier alpha value is -3.08. The number of urea groups is 1. The fourth-order valence-electron chi connectivity index (χ4n) is 2.51. The molecule has 0 heterocycles. The molecule has 4 N–H and O–H groups in total. The normalized spacial score (nSPS) is 12.2. The van der Waals surface area contributed by atoms with E-state index in [1.54, 1.807) is 18.2 Å². The highest BCUT2D eigenvalue weighted by molar-refractivity contribution is 5.92. The number of hydrogen-bond acceptors (Lipinski definition) is 2. The van der Waals surface area contributed by atoms with Gasteiger partial charge in [-0.05, 0) is 47.7 Å². The number of amides is 3. The van der Waals surface area contributed by atoms with E-state index in [1.807, 2.05) is 31.2 Å². The Balaban J connectivity index is 1.92. The molecule has 0 aliphatic carbocycles. The molecule has 3 amide bonds. The SMILES string of the molecule is CC(C)c1ccc(C=CC(=O)NC(C)c2ccc(NC(N)=O)cc2)cc1. The molecule has 0 aromatic heterocycles. The first-order valence-electron chi connectivity index (χ1n) is 8.60. The van der Waals surface area contributed by atoms with Crippen molar-refractivity contribution < 1.29 is 9.59 Å². The summed E-state index contributed by atoms with van der Waals surface area (Å²) in [4.78, 5) is 22.9. The van der Waals surface area contributed by atoms with Gasteiger partial charge in [0.15, 0.2) is 0 Å². The lowest BCUT2D eigenvalue weighted by atomic mass is 10.0. The standard InChI is InChI=1S/C21H25N3O2/c1-14(2)17-7-4-16(5-8-17)6-13-20(25)23-15(3)18-9-11-19(12-10-18)24-21(22)26/h4-15H,1-3H3,(H,23,25)(H3,22,24,26). The molecule has 5 heteroatoms. The Bertz CT molecular complexity index is 778. The van der Waals surface area contributed by atoms with Crippen LogP contribution in [0.1, 0.15) is 49.4 Å². The smallest absolute Gasteiger partial charge is 0.316 e. The summed E-state index contributed by atoms with van der Waals surface area (Å²) in [5, 5.41) is 5.42. The van der Waals surface area contributed by atoms with Crippen molar-refractivity contribution in [2.75, 3.05) is 5.32 Å². The van der Waals surface area contributed by atoms with Crippen molar-refractivity contribution in [3.63, 3.8) is 0 Å². The minimum absolute atomic E-state index is 0.155. The van der Waals surface area contributed by atoms with Crippen LogP contribution in [0.15, 0.2) is 54.6 Å². The molecule has 0 saturated heterocycles. The molecule has 0 fully saturated rings. The van der Waals surface area contributed by atoms with Gasteiger partial charge in [-0.1, -0.05) is 50.2 Å². The minimum atomic E-state index is -0.606. The van der Waals surface area contributed by atoms with Crippen molar-refractivity contribution in [2.24, 2.45) is 5.73 Å². The number of rotatable bonds is 6. The molecule has 0 spiro atoms. The molecule has 1 atom stereocenters. The predicted molar refractivity (Wildman–Crippen MR) is 106 cm³/mol. The summed E-state index contributed by atoms with van der Waals surface area (Å²) in [5.41, 5.74) is 8.88. The van der Waals surface area contributed by atoms with E-state index < -0.39 is 6.03 Å². The van der Waals surface area contributed by atoms with Gasteiger partial charge in [0.2, 0.25) is 5.91 Å². The average Bonchev–Trinajstić information content (AvgIpc) is 2.60. The lowest BCUT2D eigenvalue weighted by Gasteiger charge is -2.13. The van der Waals surface area contributed by atoms with Crippen LogP contribution < -0.4 is 16.4 Å². The molecule has 26 heavy (non-hydrogen) atoms. The highest BCUT2D eigenvalue weighted by Gasteiger charge is 2.08. The summed E-state index contributed by atoms with van der Waals surface area (Å²) in [6, 6.07) is 14.6. The third kappa shape index (κ3) is 5.77. The monoisotopic (exact) mass is 351 g/mol. The van der Waals surface area contributed by atoms with Crippen LogP contribution in [0.5, 0.6) is 0 Å². The van der Waals surface area contributed by atoms with Gasteiger partial charge >= 0.3 is 6.03 Å². The summed E-state index contributed by atoms with van der Waals surface area (Å²) >= 11 is 0. The van der Waals surface area contributed by atoms with Gasteiger partial charge in [-0.25, -0.2) is 4.79 Å². The van der Waals surface area contributed by atoms with Crippen molar-refractivity contribution in [3.8, 4) is 0 Å². The number of carbonyl (C=O) groups is 2. The maximum atomic E-state index is 12.1. The number of carbonyl (C=O) groups excluding carboxylic acids is 2. The van der Waals surface area contributed by atoms with Gasteiger partial charge in [0.1, 0.15) is 0 Å². The van der Waals surface area contributed by atoms with E-state index in [4.69, 9.17) is 5.73 Å². The molecule has 2 aromatic rings. The van der Waals surface area contributed by atoms with Crippen LogP contribution >= 0.6 is 0 Å². The maximum absolute atomic E-state index is 12.1. The Labute approximate surface area is 154 Å². The van der Waals surface area contributed by atoms with E-state index in [0.29, 0.717) is 11.6 Å². The molecule has 0 saturated carbocycles. The zero-order chi connectivity index (χ0) is 19.1. The molecule has 0 aliphatic rings. The topological polar surface area (TPSA) is 84.2 Å². The molecule has 0 radical (unpaired) electrons. The van der Waals surface area contributed by atoms with Crippen molar-refractivity contribution in [3.05, 3.63) is 71.3 Å².